The lowest BCUT2D eigenvalue weighted by molar-refractivity contribution is -0.127. The predicted molar refractivity (Wildman–Crippen MR) is 70.5 cm³/mol. The van der Waals surface area contributed by atoms with Crippen molar-refractivity contribution in [2.45, 2.75) is 25.8 Å². The summed E-state index contributed by atoms with van der Waals surface area (Å²) in [5.41, 5.74) is 6.97. The molecule has 1 aliphatic rings. The van der Waals surface area contributed by atoms with Gasteiger partial charge in [-0.2, -0.15) is 0 Å². The SMILES string of the molecule is CCOc1ccc(CCN2CC(N)CC2=O)cc1. The molecular weight excluding hydrogens is 228 g/mol. The second-order valence-corrected chi connectivity index (χ2v) is 4.63. The molecule has 0 radical (unpaired) electrons. The molecule has 4 heteroatoms. The van der Waals surface area contributed by atoms with Crippen LogP contribution in [-0.2, 0) is 11.2 Å². The molecule has 0 spiro atoms. The number of nitrogens with two attached hydrogens (primary N) is 1. The van der Waals surface area contributed by atoms with Crippen LogP contribution in [0.4, 0.5) is 0 Å². The summed E-state index contributed by atoms with van der Waals surface area (Å²) in [6, 6.07) is 8.04. The number of nitrogens with zero attached hydrogens (tertiary/aromatic N) is 1. The van der Waals surface area contributed by atoms with Gasteiger partial charge in [0, 0.05) is 25.6 Å². The molecule has 1 aliphatic heterocycles. The fourth-order valence-corrected chi connectivity index (χ4v) is 2.20. The van der Waals surface area contributed by atoms with Gasteiger partial charge in [-0.3, -0.25) is 4.79 Å². The van der Waals surface area contributed by atoms with Crippen LogP contribution in [0, 0.1) is 0 Å². The highest BCUT2D eigenvalue weighted by atomic mass is 16.5. The maximum absolute atomic E-state index is 11.6. The van der Waals surface area contributed by atoms with E-state index >= 15 is 0 Å². The number of benzene rings is 1. The lowest BCUT2D eigenvalue weighted by Gasteiger charge is -2.15. The highest BCUT2D eigenvalue weighted by molar-refractivity contribution is 5.79. The van der Waals surface area contributed by atoms with E-state index in [4.69, 9.17) is 10.5 Å². The second kappa shape index (κ2) is 5.87. The largest absolute Gasteiger partial charge is 0.494 e. The smallest absolute Gasteiger partial charge is 0.224 e. The molecule has 2 rings (SSSR count). The molecule has 98 valence electrons. The number of carbonyl (C=O) groups excluding carboxylic acids is 1. The van der Waals surface area contributed by atoms with Gasteiger partial charge in [0.1, 0.15) is 5.75 Å². The van der Waals surface area contributed by atoms with Crippen LogP contribution in [0.15, 0.2) is 24.3 Å². The Morgan fingerprint density at radius 3 is 2.67 bits per heavy atom. The maximum atomic E-state index is 11.6. The molecule has 1 aromatic carbocycles. The highest BCUT2D eigenvalue weighted by Crippen LogP contribution is 2.14. The van der Waals surface area contributed by atoms with Gasteiger partial charge >= 0.3 is 0 Å². The Morgan fingerprint density at radius 1 is 1.39 bits per heavy atom. The van der Waals surface area contributed by atoms with Crippen LogP contribution in [0.25, 0.3) is 0 Å². The first-order chi connectivity index (χ1) is 8.69. The van der Waals surface area contributed by atoms with E-state index in [-0.39, 0.29) is 11.9 Å². The van der Waals surface area contributed by atoms with Crippen molar-refractivity contribution in [1.82, 2.24) is 4.90 Å². The van der Waals surface area contributed by atoms with E-state index in [9.17, 15) is 4.79 Å². The summed E-state index contributed by atoms with van der Waals surface area (Å²) in [5, 5.41) is 0. The average Bonchev–Trinajstić information content (AvgIpc) is 2.67. The Hall–Kier alpha value is -1.55. The van der Waals surface area contributed by atoms with Gasteiger partial charge in [0.2, 0.25) is 5.91 Å². The molecular formula is C14H20N2O2. The van der Waals surface area contributed by atoms with E-state index in [1.165, 1.54) is 5.56 Å². The standard InChI is InChI=1S/C14H20N2O2/c1-2-18-13-5-3-11(4-6-13)7-8-16-10-12(15)9-14(16)17/h3-6,12H,2,7-10,15H2,1H3. The van der Waals surface area contributed by atoms with E-state index in [2.05, 4.69) is 0 Å². The van der Waals surface area contributed by atoms with Gasteiger partial charge < -0.3 is 15.4 Å². The van der Waals surface area contributed by atoms with Crippen molar-refractivity contribution in [3.8, 4) is 5.75 Å². The van der Waals surface area contributed by atoms with Crippen LogP contribution in [0.1, 0.15) is 18.9 Å². The second-order valence-electron chi connectivity index (χ2n) is 4.63. The van der Waals surface area contributed by atoms with E-state index < -0.39 is 0 Å². The third-order valence-electron chi connectivity index (χ3n) is 3.15. The molecule has 0 bridgehead atoms. The van der Waals surface area contributed by atoms with E-state index in [1.54, 1.807) is 0 Å². The van der Waals surface area contributed by atoms with Crippen molar-refractivity contribution in [1.29, 1.82) is 0 Å². The van der Waals surface area contributed by atoms with Crippen molar-refractivity contribution in [2.24, 2.45) is 5.73 Å². The predicted octanol–water partition coefficient (Wildman–Crippen LogP) is 1.19. The normalized spacial score (nSPS) is 19.3. The number of carbonyl (C=O) groups is 1. The summed E-state index contributed by atoms with van der Waals surface area (Å²) in [6.45, 7) is 4.09. The topological polar surface area (TPSA) is 55.6 Å². The molecule has 0 aromatic heterocycles. The zero-order valence-electron chi connectivity index (χ0n) is 10.8. The minimum absolute atomic E-state index is 0.0119. The molecule has 1 fully saturated rings. The molecule has 0 saturated carbocycles. The zero-order valence-corrected chi connectivity index (χ0v) is 10.8. The third kappa shape index (κ3) is 3.23. The van der Waals surface area contributed by atoms with Crippen LogP contribution in [0.2, 0.25) is 0 Å². The summed E-state index contributed by atoms with van der Waals surface area (Å²) in [4.78, 5) is 13.4. The van der Waals surface area contributed by atoms with Gasteiger partial charge in [0.05, 0.1) is 6.61 Å². The number of ether oxygens (including phenoxy) is 1. The number of amides is 1. The molecule has 18 heavy (non-hydrogen) atoms. The molecule has 1 aromatic rings. The first-order valence-electron chi connectivity index (χ1n) is 6.44. The van der Waals surface area contributed by atoms with Gasteiger partial charge in [-0.15, -0.1) is 0 Å². The molecule has 0 aliphatic carbocycles. The molecule has 1 unspecified atom stereocenters. The van der Waals surface area contributed by atoms with Gasteiger partial charge in [-0.05, 0) is 31.0 Å². The van der Waals surface area contributed by atoms with Crippen LogP contribution < -0.4 is 10.5 Å². The van der Waals surface area contributed by atoms with E-state index in [0.29, 0.717) is 19.6 Å². The Morgan fingerprint density at radius 2 is 2.11 bits per heavy atom. The van der Waals surface area contributed by atoms with Crippen molar-refractivity contribution in [2.75, 3.05) is 19.7 Å². The summed E-state index contributed by atoms with van der Waals surface area (Å²) >= 11 is 0. The molecule has 2 N–H and O–H groups in total. The van der Waals surface area contributed by atoms with Gasteiger partial charge in [-0.25, -0.2) is 0 Å². The average molecular weight is 248 g/mol. The lowest BCUT2D eigenvalue weighted by Crippen LogP contribution is -2.30. The number of rotatable bonds is 5. The number of hydrogen-bond donors (Lipinski definition) is 1. The summed E-state index contributed by atoms with van der Waals surface area (Å²) in [5.74, 6) is 1.06. The molecule has 1 heterocycles. The first kappa shape index (κ1) is 12.9. The molecule has 1 atom stereocenters. The van der Waals surface area contributed by atoms with Crippen molar-refractivity contribution >= 4 is 5.91 Å². The highest BCUT2D eigenvalue weighted by Gasteiger charge is 2.26. The van der Waals surface area contributed by atoms with Crippen LogP contribution in [0.5, 0.6) is 5.75 Å². The fourth-order valence-electron chi connectivity index (χ4n) is 2.20. The maximum Gasteiger partial charge on any atom is 0.224 e. The Balaban J connectivity index is 1.84. The molecule has 4 nitrogen and oxygen atoms in total. The quantitative estimate of drug-likeness (QED) is 0.851. The van der Waals surface area contributed by atoms with Crippen molar-refractivity contribution < 1.29 is 9.53 Å². The molecule has 1 saturated heterocycles. The first-order valence-corrected chi connectivity index (χ1v) is 6.44. The number of hydrogen-bond acceptors (Lipinski definition) is 3. The fraction of sp³-hybridized carbons (Fsp3) is 0.500. The van der Waals surface area contributed by atoms with Gasteiger partial charge in [0.15, 0.2) is 0 Å². The minimum atomic E-state index is 0.0119. The minimum Gasteiger partial charge on any atom is -0.494 e. The summed E-state index contributed by atoms with van der Waals surface area (Å²) in [6.07, 6.45) is 1.36. The zero-order chi connectivity index (χ0) is 13.0. The van der Waals surface area contributed by atoms with Gasteiger partial charge in [0.25, 0.3) is 0 Å². The van der Waals surface area contributed by atoms with Crippen molar-refractivity contribution in [3.63, 3.8) is 0 Å². The van der Waals surface area contributed by atoms with Crippen LogP contribution in [0.3, 0.4) is 0 Å². The lowest BCUT2D eigenvalue weighted by atomic mass is 10.1. The Labute approximate surface area is 108 Å². The summed E-state index contributed by atoms with van der Waals surface area (Å²) < 4.78 is 5.39. The monoisotopic (exact) mass is 248 g/mol. The Kier molecular flexibility index (Phi) is 4.20. The van der Waals surface area contributed by atoms with Crippen molar-refractivity contribution in [3.05, 3.63) is 29.8 Å². The molecule has 1 amide bonds. The number of likely N-dealkylation sites (tertiary alicyclic amines) is 1. The van der Waals surface area contributed by atoms with E-state index in [1.807, 2.05) is 36.1 Å². The third-order valence-corrected chi connectivity index (χ3v) is 3.15. The van der Waals surface area contributed by atoms with E-state index in [0.717, 1.165) is 18.7 Å². The van der Waals surface area contributed by atoms with Crippen LogP contribution in [-0.4, -0.2) is 36.5 Å². The van der Waals surface area contributed by atoms with Crippen LogP contribution >= 0.6 is 0 Å². The van der Waals surface area contributed by atoms with Gasteiger partial charge in [-0.1, -0.05) is 12.1 Å². The Bertz CT molecular complexity index is 403. The summed E-state index contributed by atoms with van der Waals surface area (Å²) in [7, 11) is 0.